The minimum Gasteiger partial charge on any atom is -0.258 e. The van der Waals surface area contributed by atoms with Crippen molar-refractivity contribution in [3.63, 3.8) is 0 Å². The Balaban J connectivity index is 2.36. The molecule has 0 aliphatic carbocycles. The molecule has 1 aromatic rings. The third-order valence-corrected chi connectivity index (χ3v) is 7.11. The Kier molecular flexibility index (Phi) is 4.05. The lowest BCUT2D eigenvalue weighted by molar-refractivity contribution is -0.385. The molecular weight excluding hydrogens is 332 g/mol. The fourth-order valence-corrected chi connectivity index (χ4v) is 6.07. The van der Waals surface area contributed by atoms with E-state index in [0.717, 1.165) is 6.07 Å². The lowest BCUT2D eigenvalue weighted by Gasteiger charge is -2.23. The van der Waals surface area contributed by atoms with Crippen molar-refractivity contribution in [1.82, 2.24) is 4.72 Å². The van der Waals surface area contributed by atoms with E-state index in [1.54, 1.807) is 0 Å². The summed E-state index contributed by atoms with van der Waals surface area (Å²) in [5.41, 5.74) is -1.05. The van der Waals surface area contributed by atoms with Crippen molar-refractivity contribution in [3.8, 4) is 0 Å². The molecule has 0 saturated carbocycles. The number of sulfonamides is 1. The highest BCUT2D eigenvalue weighted by Gasteiger charge is 2.41. The van der Waals surface area contributed by atoms with Gasteiger partial charge in [-0.1, -0.05) is 6.07 Å². The van der Waals surface area contributed by atoms with Gasteiger partial charge in [0.1, 0.15) is 0 Å². The Morgan fingerprint density at radius 2 is 2.00 bits per heavy atom. The Morgan fingerprint density at radius 1 is 1.36 bits per heavy atom. The van der Waals surface area contributed by atoms with Gasteiger partial charge >= 0.3 is 0 Å². The third-order valence-electron chi connectivity index (χ3n) is 3.57. The summed E-state index contributed by atoms with van der Waals surface area (Å²) in [4.78, 5) is 9.99. The second-order valence-electron chi connectivity index (χ2n) is 5.71. The summed E-state index contributed by atoms with van der Waals surface area (Å²) in [6.07, 6.45) is 0.169. The first-order chi connectivity index (χ1) is 9.94. The zero-order valence-corrected chi connectivity index (χ0v) is 13.7. The molecule has 0 aromatic heterocycles. The van der Waals surface area contributed by atoms with Crippen LogP contribution in [0, 0.1) is 17.0 Å². The molecule has 0 radical (unpaired) electrons. The van der Waals surface area contributed by atoms with Crippen molar-refractivity contribution < 1.29 is 21.8 Å². The van der Waals surface area contributed by atoms with E-state index in [-0.39, 0.29) is 28.5 Å². The number of sulfone groups is 1. The lowest BCUT2D eigenvalue weighted by Crippen LogP contribution is -2.46. The van der Waals surface area contributed by atoms with Crippen LogP contribution in [0.15, 0.2) is 23.1 Å². The molecule has 1 aliphatic heterocycles. The number of nitro benzene ring substituents is 1. The molecular formula is C12H16N2O6S2. The minimum atomic E-state index is -4.04. The first kappa shape index (κ1) is 16.8. The van der Waals surface area contributed by atoms with Crippen LogP contribution in [0.2, 0.25) is 0 Å². The average molecular weight is 348 g/mol. The van der Waals surface area contributed by atoms with E-state index in [0.29, 0.717) is 5.56 Å². The van der Waals surface area contributed by atoms with Gasteiger partial charge < -0.3 is 0 Å². The molecule has 1 aliphatic rings. The van der Waals surface area contributed by atoms with Crippen LogP contribution < -0.4 is 4.72 Å². The summed E-state index contributed by atoms with van der Waals surface area (Å²) >= 11 is 0. The maximum Gasteiger partial charge on any atom is 0.273 e. The van der Waals surface area contributed by atoms with E-state index in [1.807, 2.05) is 0 Å². The quantitative estimate of drug-likeness (QED) is 0.633. The summed E-state index contributed by atoms with van der Waals surface area (Å²) in [5.74, 6) is -0.368. The van der Waals surface area contributed by atoms with Crippen LogP contribution in [-0.4, -0.2) is 38.8 Å². The van der Waals surface area contributed by atoms with E-state index in [4.69, 9.17) is 0 Å². The van der Waals surface area contributed by atoms with Crippen molar-refractivity contribution in [2.75, 3.05) is 11.5 Å². The maximum absolute atomic E-state index is 12.4. The van der Waals surface area contributed by atoms with Gasteiger partial charge in [-0.25, -0.2) is 21.6 Å². The number of nitro groups is 1. The molecule has 1 atom stereocenters. The number of hydrogen-bond donors (Lipinski definition) is 1. The van der Waals surface area contributed by atoms with Gasteiger partial charge in [-0.05, 0) is 26.3 Å². The standard InChI is InChI=1S/C12H16N2O6S2/c1-9-3-4-10(7-11(9)14(15)16)22(19,20)13-12(2)5-6-21(17,18)8-12/h3-4,7,13H,5-6,8H2,1-2H3/t12-/m1/s1. The molecule has 0 unspecified atom stereocenters. The van der Waals surface area contributed by atoms with Crippen molar-refractivity contribution in [1.29, 1.82) is 0 Å². The van der Waals surface area contributed by atoms with Gasteiger partial charge in [-0.3, -0.25) is 10.1 Å². The van der Waals surface area contributed by atoms with Crippen LogP contribution in [0.3, 0.4) is 0 Å². The minimum absolute atomic E-state index is 0.0833. The van der Waals surface area contributed by atoms with Crippen LogP contribution >= 0.6 is 0 Å². The van der Waals surface area contributed by atoms with Crippen LogP contribution in [0.5, 0.6) is 0 Å². The Labute approximate surface area is 128 Å². The predicted octanol–water partition coefficient (Wildman–Crippen LogP) is 0.759. The van der Waals surface area contributed by atoms with Crippen LogP contribution in [0.25, 0.3) is 0 Å². The number of nitrogens with one attached hydrogen (secondary N) is 1. The van der Waals surface area contributed by atoms with E-state index in [1.165, 1.54) is 26.0 Å². The van der Waals surface area contributed by atoms with E-state index < -0.39 is 30.3 Å². The Morgan fingerprint density at radius 3 is 2.50 bits per heavy atom. The topological polar surface area (TPSA) is 123 Å². The largest absolute Gasteiger partial charge is 0.273 e. The first-order valence-corrected chi connectivity index (χ1v) is 9.74. The SMILES string of the molecule is Cc1ccc(S(=O)(=O)N[C@]2(C)CCS(=O)(=O)C2)cc1[N+](=O)[O-]. The highest BCUT2D eigenvalue weighted by molar-refractivity contribution is 7.92. The molecule has 1 aromatic carbocycles. The summed E-state index contributed by atoms with van der Waals surface area (Å²) in [6.45, 7) is 3.02. The van der Waals surface area contributed by atoms with E-state index in [9.17, 15) is 26.9 Å². The molecule has 1 heterocycles. The molecule has 0 amide bonds. The highest BCUT2D eigenvalue weighted by atomic mass is 32.2. The zero-order chi connectivity index (χ0) is 16.8. The summed E-state index contributed by atoms with van der Waals surface area (Å²) in [6, 6.07) is 3.59. The van der Waals surface area contributed by atoms with Gasteiger partial charge in [-0.15, -0.1) is 0 Å². The zero-order valence-electron chi connectivity index (χ0n) is 12.1. The molecule has 1 fully saturated rings. The summed E-state index contributed by atoms with van der Waals surface area (Å²) in [5, 5.41) is 10.9. The van der Waals surface area contributed by atoms with Gasteiger partial charge in [0.05, 0.1) is 21.3 Å². The van der Waals surface area contributed by atoms with Crippen LogP contribution in [0.4, 0.5) is 5.69 Å². The van der Waals surface area contributed by atoms with Crippen molar-refractivity contribution in [2.45, 2.75) is 30.7 Å². The summed E-state index contributed by atoms with van der Waals surface area (Å²) in [7, 11) is -7.32. The lowest BCUT2D eigenvalue weighted by atomic mass is 10.0. The summed E-state index contributed by atoms with van der Waals surface area (Å²) < 4.78 is 50.1. The van der Waals surface area contributed by atoms with Crippen LogP contribution in [-0.2, 0) is 19.9 Å². The Hall–Kier alpha value is -1.52. The van der Waals surface area contributed by atoms with Gasteiger partial charge in [0.25, 0.3) is 5.69 Å². The molecule has 0 bridgehead atoms. The average Bonchev–Trinajstić information content (AvgIpc) is 2.62. The molecule has 1 N–H and O–H groups in total. The number of rotatable bonds is 4. The second kappa shape index (κ2) is 5.28. The third kappa shape index (κ3) is 3.45. The molecule has 10 heteroatoms. The molecule has 2 rings (SSSR count). The van der Waals surface area contributed by atoms with Gasteiger partial charge in [-0.2, -0.15) is 0 Å². The number of hydrogen-bond acceptors (Lipinski definition) is 6. The molecule has 122 valence electrons. The Bertz CT molecular complexity index is 831. The van der Waals surface area contributed by atoms with Crippen molar-refractivity contribution >= 4 is 25.5 Å². The molecule has 22 heavy (non-hydrogen) atoms. The fraction of sp³-hybridized carbons (Fsp3) is 0.500. The number of aryl methyl sites for hydroxylation is 1. The van der Waals surface area contributed by atoms with Crippen molar-refractivity contribution in [3.05, 3.63) is 33.9 Å². The first-order valence-electron chi connectivity index (χ1n) is 6.44. The van der Waals surface area contributed by atoms with Gasteiger partial charge in [0.2, 0.25) is 10.0 Å². The van der Waals surface area contributed by atoms with Gasteiger partial charge in [0, 0.05) is 17.2 Å². The number of benzene rings is 1. The fourth-order valence-electron chi connectivity index (χ4n) is 2.43. The number of nitrogens with zero attached hydrogens (tertiary/aromatic N) is 1. The molecule has 1 saturated heterocycles. The normalized spacial score (nSPS) is 24.3. The van der Waals surface area contributed by atoms with Crippen LogP contribution in [0.1, 0.15) is 18.9 Å². The highest BCUT2D eigenvalue weighted by Crippen LogP contribution is 2.27. The predicted molar refractivity (Wildman–Crippen MR) is 79.8 cm³/mol. The maximum atomic E-state index is 12.4. The molecule has 8 nitrogen and oxygen atoms in total. The molecule has 0 spiro atoms. The monoisotopic (exact) mass is 348 g/mol. The second-order valence-corrected chi connectivity index (χ2v) is 9.58. The van der Waals surface area contributed by atoms with E-state index in [2.05, 4.69) is 4.72 Å². The van der Waals surface area contributed by atoms with Gasteiger partial charge in [0.15, 0.2) is 9.84 Å². The smallest absolute Gasteiger partial charge is 0.258 e. The van der Waals surface area contributed by atoms with E-state index >= 15 is 0 Å². The van der Waals surface area contributed by atoms with Crippen molar-refractivity contribution in [2.24, 2.45) is 0 Å².